The number of ether oxygens (including phenoxy) is 2. The standard InChI is InChI=1S/C24H16ClN3O6/c1-33-19-9-4-16(5-10-19)24(30)34-20-7-2-15(3-8-20)12-17(14-26)23(29)27-21-11-6-18(25)13-22(21)28(31)32/h2-13H,1H3,(H,27,29)/b17-12+. The van der Waals surface area contributed by atoms with Gasteiger partial charge in [0, 0.05) is 11.1 Å². The van der Waals surface area contributed by atoms with Crippen molar-refractivity contribution in [3.8, 4) is 17.6 Å². The van der Waals surface area contributed by atoms with Crippen LogP contribution in [0.5, 0.6) is 11.5 Å². The number of halogens is 1. The number of benzene rings is 3. The molecule has 1 N–H and O–H groups in total. The highest BCUT2D eigenvalue weighted by atomic mass is 35.5. The number of hydrogen-bond acceptors (Lipinski definition) is 7. The zero-order valence-corrected chi connectivity index (χ0v) is 18.4. The molecule has 0 atom stereocenters. The van der Waals surface area contributed by atoms with E-state index in [1.165, 1.54) is 37.5 Å². The molecule has 0 saturated heterocycles. The molecule has 10 heteroatoms. The van der Waals surface area contributed by atoms with E-state index in [4.69, 9.17) is 21.1 Å². The summed E-state index contributed by atoms with van der Waals surface area (Å²) in [4.78, 5) is 35.2. The molecule has 0 fully saturated rings. The van der Waals surface area contributed by atoms with Gasteiger partial charge in [0.15, 0.2) is 0 Å². The average molecular weight is 478 g/mol. The summed E-state index contributed by atoms with van der Waals surface area (Å²) in [6.45, 7) is 0. The van der Waals surface area contributed by atoms with Crippen molar-refractivity contribution < 1.29 is 24.0 Å². The Balaban J connectivity index is 1.71. The zero-order chi connectivity index (χ0) is 24.7. The lowest BCUT2D eigenvalue weighted by molar-refractivity contribution is -0.383. The third kappa shape index (κ3) is 5.97. The summed E-state index contributed by atoms with van der Waals surface area (Å²) in [5.74, 6) is -0.524. The van der Waals surface area contributed by atoms with E-state index in [9.17, 15) is 25.0 Å². The van der Waals surface area contributed by atoms with Crippen molar-refractivity contribution in [2.24, 2.45) is 0 Å². The maximum absolute atomic E-state index is 12.5. The van der Waals surface area contributed by atoms with Crippen LogP contribution in [0.2, 0.25) is 5.02 Å². The molecule has 0 unspecified atom stereocenters. The zero-order valence-electron chi connectivity index (χ0n) is 17.7. The minimum absolute atomic E-state index is 0.0960. The molecular weight excluding hydrogens is 462 g/mol. The first-order valence-corrected chi connectivity index (χ1v) is 10.0. The normalized spacial score (nSPS) is 10.7. The van der Waals surface area contributed by atoms with E-state index in [0.717, 1.165) is 6.07 Å². The number of carbonyl (C=O) groups excluding carboxylic acids is 2. The van der Waals surface area contributed by atoms with Gasteiger partial charge < -0.3 is 14.8 Å². The van der Waals surface area contributed by atoms with Crippen LogP contribution in [-0.2, 0) is 4.79 Å². The third-order valence-corrected chi connectivity index (χ3v) is 4.73. The van der Waals surface area contributed by atoms with E-state index in [1.807, 2.05) is 0 Å². The monoisotopic (exact) mass is 477 g/mol. The van der Waals surface area contributed by atoms with Gasteiger partial charge in [-0.15, -0.1) is 0 Å². The van der Waals surface area contributed by atoms with Crippen LogP contribution in [-0.4, -0.2) is 23.9 Å². The molecule has 34 heavy (non-hydrogen) atoms. The van der Waals surface area contributed by atoms with E-state index < -0.39 is 22.5 Å². The van der Waals surface area contributed by atoms with Crippen LogP contribution in [0.4, 0.5) is 11.4 Å². The van der Waals surface area contributed by atoms with Gasteiger partial charge in [-0.25, -0.2) is 4.79 Å². The molecular formula is C24H16ClN3O6. The minimum atomic E-state index is -0.831. The Bertz CT molecular complexity index is 1310. The minimum Gasteiger partial charge on any atom is -0.497 e. The highest BCUT2D eigenvalue weighted by molar-refractivity contribution is 6.31. The lowest BCUT2D eigenvalue weighted by atomic mass is 10.1. The number of anilines is 1. The van der Waals surface area contributed by atoms with Gasteiger partial charge in [0.2, 0.25) is 0 Å². The van der Waals surface area contributed by atoms with Gasteiger partial charge in [-0.05, 0) is 60.2 Å². The SMILES string of the molecule is COc1ccc(C(=O)Oc2ccc(/C=C(\C#N)C(=O)Nc3ccc(Cl)cc3[N+](=O)[O-])cc2)cc1. The summed E-state index contributed by atoms with van der Waals surface area (Å²) < 4.78 is 10.4. The fraction of sp³-hybridized carbons (Fsp3) is 0.0417. The number of hydrogen-bond donors (Lipinski definition) is 1. The Morgan fingerprint density at radius 3 is 2.29 bits per heavy atom. The van der Waals surface area contributed by atoms with E-state index in [1.54, 1.807) is 42.5 Å². The summed E-state index contributed by atoms with van der Waals surface area (Å²) in [5.41, 5.74) is 0.0285. The highest BCUT2D eigenvalue weighted by Crippen LogP contribution is 2.28. The fourth-order valence-electron chi connectivity index (χ4n) is 2.79. The van der Waals surface area contributed by atoms with Crippen LogP contribution >= 0.6 is 11.6 Å². The Hall–Kier alpha value is -4.68. The van der Waals surface area contributed by atoms with E-state index in [2.05, 4.69) is 5.32 Å². The van der Waals surface area contributed by atoms with Gasteiger partial charge in [-0.3, -0.25) is 14.9 Å². The van der Waals surface area contributed by atoms with Crippen molar-refractivity contribution in [3.63, 3.8) is 0 Å². The molecule has 0 heterocycles. The van der Waals surface area contributed by atoms with Gasteiger partial charge in [0.25, 0.3) is 11.6 Å². The van der Waals surface area contributed by atoms with Crippen LogP contribution in [0.3, 0.4) is 0 Å². The predicted molar refractivity (Wildman–Crippen MR) is 125 cm³/mol. The van der Waals surface area contributed by atoms with Gasteiger partial charge in [0.1, 0.15) is 28.8 Å². The Kier molecular flexibility index (Phi) is 7.59. The second kappa shape index (κ2) is 10.8. The fourth-order valence-corrected chi connectivity index (χ4v) is 2.96. The first kappa shape index (κ1) is 24.0. The van der Waals surface area contributed by atoms with E-state index >= 15 is 0 Å². The number of nitrogens with one attached hydrogen (secondary N) is 1. The smallest absolute Gasteiger partial charge is 0.343 e. The number of nitriles is 1. The first-order chi connectivity index (χ1) is 16.3. The second-order valence-electron chi connectivity index (χ2n) is 6.73. The number of carbonyl (C=O) groups is 2. The van der Waals surface area contributed by atoms with Gasteiger partial charge in [-0.1, -0.05) is 23.7 Å². The maximum Gasteiger partial charge on any atom is 0.343 e. The summed E-state index contributed by atoms with van der Waals surface area (Å²) in [7, 11) is 1.52. The lowest BCUT2D eigenvalue weighted by Crippen LogP contribution is -2.14. The van der Waals surface area contributed by atoms with Crippen LogP contribution in [0, 0.1) is 21.4 Å². The maximum atomic E-state index is 12.5. The average Bonchev–Trinajstić information content (AvgIpc) is 2.84. The molecule has 3 rings (SSSR count). The lowest BCUT2D eigenvalue weighted by Gasteiger charge is -2.07. The molecule has 0 radical (unpaired) electrons. The molecule has 3 aromatic rings. The molecule has 1 amide bonds. The number of nitro groups is 1. The van der Waals surface area contributed by atoms with Crippen molar-refractivity contribution in [2.45, 2.75) is 0 Å². The number of esters is 1. The number of nitrogens with zero attached hydrogens (tertiary/aromatic N) is 2. The molecule has 0 saturated carbocycles. The van der Waals surface area contributed by atoms with Gasteiger partial charge >= 0.3 is 5.97 Å². The third-order valence-electron chi connectivity index (χ3n) is 4.50. The van der Waals surface area contributed by atoms with Gasteiger partial charge in [0.05, 0.1) is 17.6 Å². The molecule has 0 aliphatic heterocycles. The quantitative estimate of drug-likeness (QED) is 0.126. The number of nitro benzene ring substituents is 1. The Morgan fingerprint density at radius 1 is 1.06 bits per heavy atom. The van der Waals surface area contributed by atoms with Crippen LogP contribution in [0.15, 0.2) is 72.3 Å². The Labute approximate surface area is 198 Å². The number of amides is 1. The molecule has 0 bridgehead atoms. The summed E-state index contributed by atoms with van der Waals surface area (Å²) in [5, 5.41) is 23.0. The molecule has 0 aliphatic rings. The van der Waals surface area contributed by atoms with Crippen molar-refractivity contribution >= 4 is 40.9 Å². The number of methoxy groups -OCH3 is 1. The van der Waals surface area contributed by atoms with Crippen LogP contribution in [0.1, 0.15) is 15.9 Å². The predicted octanol–water partition coefficient (Wildman–Crippen LogP) is 5.02. The number of rotatable bonds is 7. The van der Waals surface area contributed by atoms with Crippen molar-refractivity contribution in [3.05, 3.63) is 98.6 Å². The topological polar surface area (TPSA) is 132 Å². The van der Waals surface area contributed by atoms with Crippen molar-refractivity contribution in [1.82, 2.24) is 0 Å². The molecule has 9 nitrogen and oxygen atoms in total. The van der Waals surface area contributed by atoms with E-state index in [0.29, 0.717) is 16.9 Å². The molecule has 170 valence electrons. The van der Waals surface area contributed by atoms with Crippen LogP contribution in [0.25, 0.3) is 6.08 Å². The van der Waals surface area contributed by atoms with Crippen molar-refractivity contribution in [2.75, 3.05) is 12.4 Å². The molecule has 0 spiro atoms. The molecule has 0 aliphatic carbocycles. The van der Waals surface area contributed by atoms with Crippen molar-refractivity contribution in [1.29, 1.82) is 5.26 Å². The van der Waals surface area contributed by atoms with Crippen LogP contribution < -0.4 is 14.8 Å². The summed E-state index contributed by atoms with van der Waals surface area (Å²) in [6.07, 6.45) is 1.30. The largest absolute Gasteiger partial charge is 0.497 e. The van der Waals surface area contributed by atoms with Gasteiger partial charge in [-0.2, -0.15) is 5.26 Å². The summed E-state index contributed by atoms with van der Waals surface area (Å²) in [6, 6.07) is 18.0. The second-order valence-corrected chi connectivity index (χ2v) is 7.17. The molecule has 3 aromatic carbocycles. The Morgan fingerprint density at radius 2 is 1.71 bits per heavy atom. The first-order valence-electron chi connectivity index (χ1n) is 9.64. The molecule has 0 aromatic heterocycles. The summed E-state index contributed by atoms with van der Waals surface area (Å²) >= 11 is 5.77. The van der Waals surface area contributed by atoms with E-state index in [-0.39, 0.29) is 22.0 Å². The highest BCUT2D eigenvalue weighted by Gasteiger charge is 2.18.